The molecule has 0 spiro atoms. The highest BCUT2D eigenvalue weighted by atomic mass is 79.9. The van der Waals surface area contributed by atoms with Crippen molar-refractivity contribution in [3.8, 4) is 0 Å². The molecular weight excluding hydrogens is 272 g/mol. The molecule has 1 rings (SSSR count). The lowest BCUT2D eigenvalue weighted by atomic mass is 10.2. The van der Waals surface area contributed by atoms with Crippen molar-refractivity contribution in [3.63, 3.8) is 0 Å². The summed E-state index contributed by atoms with van der Waals surface area (Å²) in [6.45, 7) is 1.66. The van der Waals surface area contributed by atoms with E-state index in [2.05, 4.69) is 21.2 Å². The minimum Gasteiger partial charge on any atom is -0.466 e. The van der Waals surface area contributed by atoms with E-state index in [0.29, 0.717) is 6.54 Å². The van der Waals surface area contributed by atoms with Crippen LogP contribution in [0.4, 0.5) is 0 Å². The predicted octanol–water partition coefficient (Wildman–Crippen LogP) is 1.79. The molecule has 0 aliphatic rings. The highest BCUT2D eigenvalue weighted by Crippen LogP contribution is 2.23. The number of hydrogen-bond acceptors (Lipinski definition) is 4. The lowest BCUT2D eigenvalue weighted by Crippen LogP contribution is -2.28. The molecule has 4 nitrogen and oxygen atoms in total. The molecule has 0 aromatic carbocycles. The van der Waals surface area contributed by atoms with Gasteiger partial charge in [-0.1, -0.05) is 0 Å². The van der Waals surface area contributed by atoms with E-state index in [1.165, 1.54) is 0 Å². The average Bonchev–Trinajstić information content (AvgIpc) is 2.70. The number of aliphatic hydroxyl groups excluding tert-OH is 1. The monoisotopic (exact) mass is 290 g/mol. The molecule has 1 unspecified atom stereocenters. The maximum Gasteiger partial charge on any atom is 0.136 e. The molecule has 1 heterocycles. The highest BCUT2D eigenvalue weighted by molar-refractivity contribution is 9.10. The van der Waals surface area contributed by atoms with Crippen LogP contribution in [0, 0.1) is 0 Å². The van der Waals surface area contributed by atoms with Gasteiger partial charge in [-0.05, 0) is 47.8 Å². The minimum absolute atomic E-state index is 0.0542. The molecule has 0 saturated heterocycles. The van der Waals surface area contributed by atoms with Gasteiger partial charge in [-0.25, -0.2) is 0 Å². The minimum atomic E-state index is 0.0542. The molecule has 0 bridgehead atoms. The predicted molar refractivity (Wildman–Crippen MR) is 67.1 cm³/mol. The second-order valence-electron chi connectivity index (χ2n) is 3.66. The van der Waals surface area contributed by atoms with E-state index >= 15 is 0 Å². The van der Waals surface area contributed by atoms with Crippen LogP contribution < -0.4 is 11.1 Å². The molecule has 5 heteroatoms. The Balaban J connectivity index is 2.30. The molecule has 4 N–H and O–H groups in total. The molecule has 0 aliphatic carbocycles. The van der Waals surface area contributed by atoms with E-state index < -0.39 is 0 Å². The molecule has 0 aliphatic heterocycles. The standard InChI is InChI=1S/C11H19BrN2O2/c12-9-4-7-16-11(9)10(8-13)14-5-2-1-3-6-15/h4,7,10,14-15H,1-3,5-6,8,13H2. The number of aliphatic hydroxyl groups is 1. The summed E-state index contributed by atoms with van der Waals surface area (Å²) in [5, 5.41) is 12.0. The summed E-state index contributed by atoms with van der Waals surface area (Å²) >= 11 is 3.42. The first-order chi connectivity index (χ1) is 7.79. The third kappa shape index (κ3) is 4.25. The Morgan fingerprint density at radius 1 is 1.44 bits per heavy atom. The van der Waals surface area contributed by atoms with Crippen LogP contribution in [0.1, 0.15) is 31.1 Å². The topological polar surface area (TPSA) is 71.4 Å². The van der Waals surface area contributed by atoms with Crippen molar-refractivity contribution in [2.24, 2.45) is 5.73 Å². The SMILES string of the molecule is NCC(NCCCCCO)c1occc1Br. The van der Waals surface area contributed by atoms with Gasteiger partial charge in [0.25, 0.3) is 0 Å². The lowest BCUT2D eigenvalue weighted by Gasteiger charge is -2.14. The van der Waals surface area contributed by atoms with Crippen molar-refractivity contribution in [3.05, 3.63) is 22.6 Å². The highest BCUT2D eigenvalue weighted by Gasteiger charge is 2.15. The van der Waals surface area contributed by atoms with E-state index in [0.717, 1.165) is 36.0 Å². The van der Waals surface area contributed by atoms with Gasteiger partial charge in [0.15, 0.2) is 0 Å². The quantitative estimate of drug-likeness (QED) is 0.639. The van der Waals surface area contributed by atoms with Crippen LogP contribution in [-0.4, -0.2) is 24.8 Å². The number of halogens is 1. The van der Waals surface area contributed by atoms with E-state index in [9.17, 15) is 0 Å². The van der Waals surface area contributed by atoms with E-state index in [1.54, 1.807) is 6.26 Å². The van der Waals surface area contributed by atoms with Crippen molar-refractivity contribution < 1.29 is 9.52 Å². The Bertz CT molecular complexity index is 291. The first-order valence-electron chi connectivity index (χ1n) is 5.56. The van der Waals surface area contributed by atoms with Crippen LogP contribution in [-0.2, 0) is 0 Å². The molecule has 0 saturated carbocycles. The first kappa shape index (κ1) is 13.7. The van der Waals surface area contributed by atoms with Crippen molar-refractivity contribution in [2.45, 2.75) is 25.3 Å². The van der Waals surface area contributed by atoms with Crippen LogP contribution in [0.25, 0.3) is 0 Å². The number of hydrogen-bond donors (Lipinski definition) is 3. The second-order valence-corrected chi connectivity index (χ2v) is 4.51. The maximum atomic E-state index is 8.65. The Morgan fingerprint density at radius 3 is 2.81 bits per heavy atom. The third-order valence-electron chi connectivity index (χ3n) is 2.42. The van der Waals surface area contributed by atoms with Gasteiger partial charge >= 0.3 is 0 Å². The van der Waals surface area contributed by atoms with Gasteiger partial charge in [0, 0.05) is 13.2 Å². The Hall–Kier alpha value is -0.360. The number of unbranched alkanes of at least 4 members (excludes halogenated alkanes) is 2. The van der Waals surface area contributed by atoms with E-state index in [1.807, 2.05) is 6.07 Å². The van der Waals surface area contributed by atoms with Crippen molar-refractivity contribution in [2.75, 3.05) is 19.7 Å². The number of nitrogens with one attached hydrogen (secondary N) is 1. The van der Waals surface area contributed by atoms with Gasteiger partial charge in [0.1, 0.15) is 5.76 Å². The third-order valence-corrected chi connectivity index (χ3v) is 3.08. The van der Waals surface area contributed by atoms with Gasteiger partial charge in [-0.3, -0.25) is 0 Å². The van der Waals surface area contributed by atoms with Crippen LogP contribution in [0.3, 0.4) is 0 Å². The Labute approximate surface area is 104 Å². The van der Waals surface area contributed by atoms with E-state index in [4.69, 9.17) is 15.3 Å². The Morgan fingerprint density at radius 2 is 2.25 bits per heavy atom. The molecule has 92 valence electrons. The van der Waals surface area contributed by atoms with Crippen molar-refractivity contribution in [1.82, 2.24) is 5.32 Å². The molecule has 0 amide bonds. The smallest absolute Gasteiger partial charge is 0.136 e. The molecule has 0 fully saturated rings. The van der Waals surface area contributed by atoms with Gasteiger partial charge < -0.3 is 20.6 Å². The molecule has 1 aromatic rings. The number of nitrogens with two attached hydrogens (primary N) is 1. The van der Waals surface area contributed by atoms with Gasteiger partial charge in [-0.2, -0.15) is 0 Å². The summed E-state index contributed by atoms with van der Waals surface area (Å²) in [6, 6.07) is 1.92. The van der Waals surface area contributed by atoms with Gasteiger partial charge in [0.05, 0.1) is 16.8 Å². The summed E-state index contributed by atoms with van der Waals surface area (Å²) < 4.78 is 6.32. The van der Waals surface area contributed by atoms with Crippen molar-refractivity contribution in [1.29, 1.82) is 0 Å². The van der Waals surface area contributed by atoms with Crippen LogP contribution in [0.2, 0.25) is 0 Å². The summed E-state index contributed by atoms with van der Waals surface area (Å²) in [6.07, 6.45) is 4.57. The lowest BCUT2D eigenvalue weighted by molar-refractivity contribution is 0.282. The Kier molecular flexibility index (Phi) is 6.71. The summed E-state index contributed by atoms with van der Waals surface area (Å²) in [4.78, 5) is 0. The van der Waals surface area contributed by atoms with Crippen LogP contribution in [0.15, 0.2) is 21.2 Å². The zero-order valence-electron chi connectivity index (χ0n) is 9.29. The molecule has 16 heavy (non-hydrogen) atoms. The summed E-state index contributed by atoms with van der Waals surface area (Å²) in [7, 11) is 0. The molecule has 0 radical (unpaired) electrons. The molecular formula is C11H19BrN2O2. The zero-order valence-corrected chi connectivity index (χ0v) is 10.9. The zero-order chi connectivity index (χ0) is 11.8. The van der Waals surface area contributed by atoms with Crippen LogP contribution >= 0.6 is 15.9 Å². The normalized spacial score (nSPS) is 12.9. The van der Waals surface area contributed by atoms with E-state index in [-0.39, 0.29) is 12.6 Å². The fourth-order valence-corrected chi connectivity index (χ4v) is 2.00. The fourth-order valence-electron chi connectivity index (χ4n) is 1.53. The summed E-state index contributed by atoms with van der Waals surface area (Å²) in [5.41, 5.74) is 5.69. The average molecular weight is 291 g/mol. The number of rotatable bonds is 8. The van der Waals surface area contributed by atoms with Crippen LogP contribution in [0.5, 0.6) is 0 Å². The van der Waals surface area contributed by atoms with Crippen molar-refractivity contribution >= 4 is 15.9 Å². The fraction of sp³-hybridized carbons (Fsp3) is 0.636. The molecule has 1 atom stereocenters. The number of furan rings is 1. The second kappa shape index (κ2) is 7.84. The van der Waals surface area contributed by atoms with Gasteiger partial charge in [-0.15, -0.1) is 0 Å². The largest absolute Gasteiger partial charge is 0.466 e. The summed E-state index contributed by atoms with van der Waals surface area (Å²) in [5.74, 6) is 0.852. The van der Waals surface area contributed by atoms with Gasteiger partial charge in [0.2, 0.25) is 0 Å². The maximum absolute atomic E-state index is 8.65. The first-order valence-corrected chi connectivity index (χ1v) is 6.36. The molecule has 1 aromatic heterocycles.